The number of hydrogen-bond donors (Lipinski definition) is 1. The van der Waals surface area contributed by atoms with Crippen molar-refractivity contribution < 1.29 is 0 Å². The molecule has 0 unspecified atom stereocenters. The van der Waals surface area contributed by atoms with E-state index in [1.165, 1.54) is 50.8 Å². The van der Waals surface area contributed by atoms with Gasteiger partial charge in [0.05, 0.1) is 0 Å². The predicted octanol–water partition coefficient (Wildman–Crippen LogP) is 4.06. The van der Waals surface area contributed by atoms with E-state index in [-0.39, 0.29) is 0 Å². The first kappa shape index (κ1) is 15.0. The standard InChI is InChI=1S/C16H28N2/c1-3-5-6-7-12-18(11-4-2)14-15-9-8-10-16(17)13-15/h8-10,13H,3-7,11-12,14,17H2,1-2H3. The van der Waals surface area contributed by atoms with Crippen LogP contribution >= 0.6 is 0 Å². The Hall–Kier alpha value is -1.02. The summed E-state index contributed by atoms with van der Waals surface area (Å²) < 4.78 is 0. The van der Waals surface area contributed by atoms with E-state index in [0.29, 0.717) is 0 Å². The van der Waals surface area contributed by atoms with Crippen LogP contribution < -0.4 is 5.73 Å². The van der Waals surface area contributed by atoms with Gasteiger partial charge in [0.15, 0.2) is 0 Å². The van der Waals surface area contributed by atoms with Gasteiger partial charge >= 0.3 is 0 Å². The lowest BCUT2D eigenvalue weighted by Gasteiger charge is -2.21. The maximum Gasteiger partial charge on any atom is 0.0317 e. The molecule has 0 aliphatic rings. The lowest BCUT2D eigenvalue weighted by atomic mass is 10.1. The fourth-order valence-corrected chi connectivity index (χ4v) is 2.30. The minimum Gasteiger partial charge on any atom is -0.399 e. The van der Waals surface area contributed by atoms with E-state index in [0.717, 1.165) is 12.2 Å². The minimum absolute atomic E-state index is 0.870. The Bertz CT molecular complexity index is 323. The number of benzene rings is 1. The van der Waals surface area contributed by atoms with Crippen LogP contribution in [0.3, 0.4) is 0 Å². The average molecular weight is 248 g/mol. The molecule has 0 fully saturated rings. The minimum atomic E-state index is 0.870. The van der Waals surface area contributed by atoms with Crippen molar-refractivity contribution in [2.45, 2.75) is 52.5 Å². The Morgan fingerprint density at radius 2 is 1.83 bits per heavy atom. The van der Waals surface area contributed by atoms with Crippen molar-refractivity contribution >= 4 is 5.69 Å². The zero-order valence-corrected chi connectivity index (χ0v) is 12.0. The van der Waals surface area contributed by atoms with Crippen LogP contribution in [0.15, 0.2) is 24.3 Å². The normalized spacial score (nSPS) is 11.1. The first-order valence-electron chi connectivity index (χ1n) is 7.33. The molecule has 0 amide bonds. The molecule has 2 heteroatoms. The summed E-state index contributed by atoms with van der Waals surface area (Å²) >= 11 is 0. The van der Waals surface area contributed by atoms with E-state index in [4.69, 9.17) is 5.73 Å². The summed E-state index contributed by atoms with van der Waals surface area (Å²) in [6.45, 7) is 7.93. The zero-order chi connectivity index (χ0) is 13.2. The second kappa shape index (κ2) is 8.98. The van der Waals surface area contributed by atoms with Gasteiger partial charge in [-0.1, -0.05) is 45.2 Å². The van der Waals surface area contributed by atoms with E-state index in [1.54, 1.807) is 0 Å². The third-order valence-corrected chi connectivity index (χ3v) is 3.22. The summed E-state index contributed by atoms with van der Waals surface area (Å²) in [5.41, 5.74) is 8.03. The number of anilines is 1. The molecule has 102 valence electrons. The van der Waals surface area contributed by atoms with Crippen molar-refractivity contribution in [1.29, 1.82) is 0 Å². The molecule has 0 spiro atoms. The van der Waals surface area contributed by atoms with Crippen LogP contribution in [0.25, 0.3) is 0 Å². The SMILES string of the molecule is CCCCCCN(CCC)Cc1cccc(N)c1. The van der Waals surface area contributed by atoms with Crippen molar-refractivity contribution in [2.24, 2.45) is 0 Å². The Morgan fingerprint density at radius 1 is 1.00 bits per heavy atom. The number of rotatable bonds is 9. The summed E-state index contributed by atoms with van der Waals surface area (Å²) in [4.78, 5) is 2.55. The van der Waals surface area contributed by atoms with Crippen LogP contribution in [0.4, 0.5) is 5.69 Å². The van der Waals surface area contributed by atoms with Crippen LogP contribution in [-0.2, 0) is 6.54 Å². The topological polar surface area (TPSA) is 29.3 Å². The quantitative estimate of drug-likeness (QED) is 0.527. The van der Waals surface area contributed by atoms with Gasteiger partial charge in [0.1, 0.15) is 0 Å². The van der Waals surface area contributed by atoms with E-state index >= 15 is 0 Å². The molecule has 0 radical (unpaired) electrons. The highest BCUT2D eigenvalue weighted by Gasteiger charge is 2.05. The first-order chi connectivity index (χ1) is 8.76. The van der Waals surface area contributed by atoms with Gasteiger partial charge < -0.3 is 5.73 Å². The number of nitrogens with zero attached hydrogens (tertiary/aromatic N) is 1. The van der Waals surface area contributed by atoms with Crippen LogP contribution in [-0.4, -0.2) is 18.0 Å². The molecule has 0 aromatic heterocycles. The Labute approximate surface area is 112 Å². The summed E-state index contributed by atoms with van der Waals surface area (Å²) in [7, 11) is 0. The number of unbranched alkanes of at least 4 members (excludes halogenated alkanes) is 3. The van der Waals surface area contributed by atoms with Crippen molar-refractivity contribution in [1.82, 2.24) is 4.90 Å². The molecule has 1 rings (SSSR count). The van der Waals surface area contributed by atoms with Gasteiger partial charge in [-0.3, -0.25) is 4.90 Å². The van der Waals surface area contributed by atoms with Crippen LogP contribution in [0.2, 0.25) is 0 Å². The van der Waals surface area contributed by atoms with Gasteiger partial charge in [-0.15, -0.1) is 0 Å². The second-order valence-corrected chi connectivity index (χ2v) is 5.08. The Balaban J connectivity index is 2.41. The highest BCUT2D eigenvalue weighted by molar-refractivity contribution is 5.40. The number of hydrogen-bond acceptors (Lipinski definition) is 2. The molecule has 0 saturated carbocycles. The molecule has 1 aromatic carbocycles. The van der Waals surface area contributed by atoms with E-state index in [1.807, 2.05) is 12.1 Å². The molecular weight excluding hydrogens is 220 g/mol. The molecule has 0 heterocycles. The molecule has 0 saturated heterocycles. The molecule has 0 aliphatic carbocycles. The fraction of sp³-hybridized carbons (Fsp3) is 0.625. The zero-order valence-electron chi connectivity index (χ0n) is 12.0. The largest absolute Gasteiger partial charge is 0.399 e. The molecule has 1 aromatic rings. The molecule has 2 nitrogen and oxygen atoms in total. The molecule has 0 aliphatic heterocycles. The van der Waals surface area contributed by atoms with Gasteiger partial charge in [0, 0.05) is 12.2 Å². The monoisotopic (exact) mass is 248 g/mol. The van der Waals surface area contributed by atoms with Gasteiger partial charge in [-0.2, -0.15) is 0 Å². The van der Waals surface area contributed by atoms with Gasteiger partial charge in [0.2, 0.25) is 0 Å². The van der Waals surface area contributed by atoms with E-state index in [9.17, 15) is 0 Å². The first-order valence-corrected chi connectivity index (χ1v) is 7.33. The second-order valence-electron chi connectivity index (χ2n) is 5.08. The average Bonchev–Trinajstić information content (AvgIpc) is 2.35. The van der Waals surface area contributed by atoms with Crippen molar-refractivity contribution in [3.8, 4) is 0 Å². The van der Waals surface area contributed by atoms with Crippen molar-refractivity contribution in [3.63, 3.8) is 0 Å². The molecule has 2 N–H and O–H groups in total. The smallest absolute Gasteiger partial charge is 0.0317 e. The van der Waals surface area contributed by atoms with Crippen LogP contribution in [0.1, 0.15) is 51.5 Å². The highest BCUT2D eigenvalue weighted by atomic mass is 15.1. The predicted molar refractivity (Wildman–Crippen MR) is 80.6 cm³/mol. The molecule has 18 heavy (non-hydrogen) atoms. The Morgan fingerprint density at radius 3 is 2.50 bits per heavy atom. The lowest BCUT2D eigenvalue weighted by Crippen LogP contribution is -2.25. The third kappa shape index (κ3) is 6.06. The van der Waals surface area contributed by atoms with Crippen molar-refractivity contribution in [3.05, 3.63) is 29.8 Å². The summed E-state index contributed by atoms with van der Waals surface area (Å²) in [5, 5.41) is 0. The van der Waals surface area contributed by atoms with Crippen LogP contribution in [0.5, 0.6) is 0 Å². The fourth-order valence-electron chi connectivity index (χ4n) is 2.30. The summed E-state index contributed by atoms with van der Waals surface area (Å²) in [6.07, 6.45) is 6.56. The molecular formula is C16H28N2. The maximum absolute atomic E-state index is 5.83. The van der Waals surface area contributed by atoms with Crippen molar-refractivity contribution in [2.75, 3.05) is 18.8 Å². The van der Waals surface area contributed by atoms with Gasteiger partial charge in [0.25, 0.3) is 0 Å². The summed E-state index contributed by atoms with van der Waals surface area (Å²) in [5.74, 6) is 0. The van der Waals surface area contributed by atoms with Gasteiger partial charge in [-0.05, 0) is 43.6 Å². The molecule has 0 atom stereocenters. The maximum atomic E-state index is 5.83. The van der Waals surface area contributed by atoms with E-state index < -0.39 is 0 Å². The van der Waals surface area contributed by atoms with Gasteiger partial charge in [-0.25, -0.2) is 0 Å². The molecule has 0 bridgehead atoms. The van der Waals surface area contributed by atoms with E-state index in [2.05, 4.69) is 30.9 Å². The number of nitrogens with two attached hydrogens (primary N) is 1. The lowest BCUT2D eigenvalue weighted by molar-refractivity contribution is 0.259. The summed E-state index contributed by atoms with van der Waals surface area (Å²) in [6, 6.07) is 8.26. The number of nitrogen functional groups attached to an aromatic ring is 1. The highest BCUT2D eigenvalue weighted by Crippen LogP contribution is 2.11. The van der Waals surface area contributed by atoms with Crippen LogP contribution in [0, 0.1) is 0 Å². The Kier molecular flexibility index (Phi) is 7.51. The third-order valence-electron chi connectivity index (χ3n) is 3.22.